The number of hydrogen-bond acceptors (Lipinski definition) is 4. The van der Waals surface area contributed by atoms with E-state index in [0.717, 1.165) is 38.0 Å². The average molecular weight is 436 g/mol. The summed E-state index contributed by atoms with van der Waals surface area (Å²) in [5, 5.41) is 0. The van der Waals surface area contributed by atoms with Crippen LogP contribution in [-0.4, -0.2) is 67.7 Å². The van der Waals surface area contributed by atoms with Gasteiger partial charge in [0, 0.05) is 37.9 Å². The summed E-state index contributed by atoms with van der Waals surface area (Å²) in [5.74, 6) is 2.02. The fourth-order valence-corrected chi connectivity index (χ4v) is 4.77. The number of ether oxygens (including phenoxy) is 2. The standard InChI is InChI=1S/C25H29N3O4/c29-24(26-10-8-20(9-11-26)16-19-4-2-1-3-5-19)18-27-12-13-28(25(27)30)21-6-7-22-23(17-21)32-15-14-31-22/h1-7,17,20H,8-16,18H2. The summed E-state index contributed by atoms with van der Waals surface area (Å²) in [7, 11) is 0. The lowest BCUT2D eigenvalue weighted by atomic mass is 9.90. The molecule has 2 saturated heterocycles. The summed E-state index contributed by atoms with van der Waals surface area (Å²) in [6, 6.07) is 16.0. The van der Waals surface area contributed by atoms with Gasteiger partial charge in [-0.25, -0.2) is 4.79 Å². The molecule has 0 bridgehead atoms. The molecule has 0 unspecified atom stereocenters. The number of rotatable bonds is 5. The van der Waals surface area contributed by atoms with Crippen molar-refractivity contribution in [2.24, 2.45) is 5.92 Å². The molecule has 0 radical (unpaired) electrons. The zero-order valence-corrected chi connectivity index (χ0v) is 18.2. The van der Waals surface area contributed by atoms with E-state index < -0.39 is 0 Å². The number of anilines is 1. The molecule has 2 aromatic rings. The fourth-order valence-electron chi connectivity index (χ4n) is 4.77. The Kier molecular flexibility index (Phi) is 5.88. The van der Waals surface area contributed by atoms with Crippen LogP contribution in [0.4, 0.5) is 10.5 Å². The fraction of sp³-hybridized carbons (Fsp3) is 0.440. The minimum absolute atomic E-state index is 0.0422. The lowest BCUT2D eigenvalue weighted by molar-refractivity contribution is -0.133. The Balaban J connectivity index is 1.13. The molecule has 0 spiro atoms. The first kappa shape index (κ1) is 20.7. The second-order valence-electron chi connectivity index (χ2n) is 8.70. The molecular formula is C25H29N3O4. The van der Waals surface area contributed by atoms with E-state index in [-0.39, 0.29) is 18.5 Å². The van der Waals surface area contributed by atoms with Gasteiger partial charge >= 0.3 is 6.03 Å². The van der Waals surface area contributed by atoms with Gasteiger partial charge in [0.1, 0.15) is 19.8 Å². The molecule has 7 heteroatoms. The molecule has 3 aliphatic heterocycles. The molecule has 3 amide bonds. The normalized spacial score (nSPS) is 18.9. The lowest BCUT2D eigenvalue weighted by Crippen LogP contribution is -2.45. The topological polar surface area (TPSA) is 62.3 Å². The van der Waals surface area contributed by atoms with E-state index in [1.54, 1.807) is 9.80 Å². The zero-order valence-electron chi connectivity index (χ0n) is 18.2. The third-order valence-electron chi connectivity index (χ3n) is 6.59. The molecule has 0 aliphatic carbocycles. The first-order valence-corrected chi connectivity index (χ1v) is 11.4. The third-order valence-corrected chi connectivity index (χ3v) is 6.59. The smallest absolute Gasteiger partial charge is 0.325 e. The molecule has 2 fully saturated rings. The number of carbonyl (C=O) groups excluding carboxylic acids is 2. The van der Waals surface area contributed by atoms with Crippen LogP contribution >= 0.6 is 0 Å². The molecule has 0 saturated carbocycles. The van der Waals surface area contributed by atoms with Crippen molar-refractivity contribution in [3.05, 3.63) is 54.1 Å². The SMILES string of the molecule is O=C(CN1CCN(c2ccc3c(c2)OCCO3)C1=O)N1CCC(Cc2ccccc2)CC1. The van der Waals surface area contributed by atoms with Crippen molar-refractivity contribution < 1.29 is 19.1 Å². The van der Waals surface area contributed by atoms with Gasteiger partial charge in [-0.15, -0.1) is 0 Å². The summed E-state index contributed by atoms with van der Waals surface area (Å²) < 4.78 is 11.2. The third kappa shape index (κ3) is 4.38. The summed E-state index contributed by atoms with van der Waals surface area (Å²) in [6.45, 7) is 3.83. The molecule has 168 valence electrons. The van der Waals surface area contributed by atoms with Crippen molar-refractivity contribution in [2.75, 3.05) is 50.8 Å². The summed E-state index contributed by atoms with van der Waals surface area (Å²) in [5.41, 5.74) is 2.13. The minimum atomic E-state index is -0.131. The highest BCUT2D eigenvalue weighted by atomic mass is 16.6. The highest BCUT2D eigenvalue weighted by molar-refractivity contribution is 5.96. The number of urea groups is 1. The van der Waals surface area contributed by atoms with E-state index in [9.17, 15) is 9.59 Å². The monoisotopic (exact) mass is 435 g/mol. The molecule has 3 aliphatic rings. The van der Waals surface area contributed by atoms with Crippen LogP contribution in [0.3, 0.4) is 0 Å². The van der Waals surface area contributed by atoms with Crippen molar-refractivity contribution >= 4 is 17.6 Å². The summed E-state index contributed by atoms with van der Waals surface area (Å²) in [6.07, 6.45) is 3.09. The van der Waals surface area contributed by atoms with Crippen LogP contribution in [0.25, 0.3) is 0 Å². The van der Waals surface area contributed by atoms with Crippen molar-refractivity contribution in [2.45, 2.75) is 19.3 Å². The first-order chi connectivity index (χ1) is 15.7. The highest BCUT2D eigenvalue weighted by Crippen LogP contribution is 2.35. The quantitative estimate of drug-likeness (QED) is 0.724. The number of hydrogen-bond donors (Lipinski definition) is 0. The maximum absolute atomic E-state index is 13.0. The summed E-state index contributed by atoms with van der Waals surface area (Å²) in [4.78, 5) is 31.1. The second-order valence-corrected chi connectivity index (χ2v) is 8.70. The van der Waals surface area contributed by atoms with Gasteiger partial charge < -0.3 is 19.3 Å². The van der Waals surface area contributed by atoms with Gasteiger partial charge in [-0.05, 0) is 42.9 Å². The molecular weight excluding hydrogens is 406 g/mol. The van der Waals surface area contributed by atoms with E-state index >= 15 is 0 Å². The summed E-state index contributed by atoms with van der Waals surface area (Å²) >= 11 is 0. The van der Waals surface area contributed by atoms with Crippen LogP contribution in [0.1, 0.15) is 18.4 Å². The van der Waals surface area contributed by atoms with Crippen molar-refractivity contribution in [1.82, 2.24) is 9.80 Å². The van der Waals surface area contributed by atoms with Gasteiger partial charge in [-0.2, -0.15) is 0 Å². The zero-order chi connectivity index (χ0) is 21.9. The molecule has 7 nitrogen and oxygen atoms in total. The first-order valence-electron chi connectivity index (χ1n) is 11.4. The predicted octanol–water partition coefficient (Wildman–Crippen LogP) is 3.18. The van der Waals surface area contributed by atoms with Gasteiger partial charge in [0.25, 0.3) is 0 Å². The number of benzene rings is 2. The van der Waals surface area contributed by atoms with E-state index in [0.29, 0.717) is 43.7 Å². The number of carbonyl (C=O) groups is 2. The van der Waals surface area contributed by atoms with E-state index in [4.69, 9.17) is 9.47 Å². The Hall–Kier alpha value is -3.22. The van der Waals surface area contributed by atoms with E-state index in [1.807, 2.05) is 29.2 Å². The van der Waals surface area contributed by atoms with Crippen LogP contribution in [0.15, 0.2) is 48.5 Å². The largest absolute Gasteiger partial charge is 0.486 e. The van der Waals surface area contributed by atoms with Gasteiger partial charge in [0.15, 0.2) is 11.5 Å². The number of piperidine rings is 1. The van der Waals surface area contributed by atoms with Gasteiger partial charge in [0.05, 0.1) is 0 Å². The number of nitrogens with zero attached hydrogens (tertiary/aromatic N) is 3. The van der Waals surface area contributed by atoms with Crippen molar-refractivity contribution in [1.29, 1.82) is 0 Å². The molecule has 0 aromatic heterocycles. The number of fused-ring (bicyclic) bond motifs is 1. The van der Waals surface area contributed by atoms with Gasteiger partial charge in [0.2, 0.25) is 5.91 Å². The minimum Gasteiger partial charge on any atom is -0.486 e. The van der Waals surface area contributed by atoms with Crippen LogP contribution in [-0.2, 0) is 11.2 Å². The van der Waals surface area contributed by atoms with Crippen molar-refractivity contribution in [3.63, 3.8) is 0 Å². The van der Waals surface area contributed by atoms with Crippen LogP contribution < -0.4 is 14.4 Å². The van der Waals surface area contributed by atoms with Crippen molar-refractivity contribution in [3.8, 4) is 11.5 Å². The van der Waals surface area contributed by atoms with Crippen LogP contribution in [0.2, 0.25) is 0 Å². The van der Waals surface area contributed by atoms with Gasteiger partial charge in [-0.3, -0.25) is 9.69 Å². The molecule has 5 rings (SSSR count). The average Bonchev–Trinajstić information content (AvgIpc) is 3.19. The van der Waals surface area contributed by atoms with Crippen LogP contribution in [0, 0.1) is 5.92 Å². The molecule has 32 heavy (non-hydrogen) atoms. The van der Waals surface area contributed by atoms with E-state index in [1.165, 1.54) is 5.56 Å². The molecule has 2 aromatic carbocycles. The molecule has 0 atom stereocenters. The predicted molar refractivity (Wildman–Crippen MR) is 121 cm³/mol. The Morgan fingerprint density at radius 3 is 2.44 bits per heavy atom. The Morgan fingerprint density at radius 1 is 0.906 bits per heavy atom. The van der Waals surface area contributed by atoms with E-state index in [2.05, 4.69) is 24.3 Å². The Morgan fingerprint density at radius 2 is 1.66 bits per heavy atom. The number of amides is 3. The highest BCUT2D eigenvalue weighted by Gasteiger charge is 2.33. The molecule has 0 N–H and O–H groups in total. The van der Waals surface area contributed by atoms with Crippen LogP contribution in [0.5, 0.6) is 11.5 Å². The second kappa shape index (κ2) is 9.10. The molecule has 3 heterocycles. The lowest BCUT2D eigenvalue weighted by Gasteiger charge is -2.33. The number of likely N-dealkylation sites (tertiary alicyclic amines) is 1. The Labute approximate surface area is 188 Å². The maximum Gasteiger partial charge on any atom is 0.325 e. The van der Waals surface area contributed by atoms with Gasteiger partial charge in [-0.1, -0.05) is 30.3 Å². The maximum atomic E-state index is 13.0. The Bertz CT molecular complexity index is 972.